The highest BCUT2D eigenvalue weighted by Crippen LogP contribution is 2.51. The van der Waals surface area contributed by atoms with Crippen molar-refractivity contribution < 1.29 is 4.39 Å². The van der Waals surface area contributed by atoms with E-state index in [0.717, 1.165) is 18.4 Å². The molecular weight excluding hydrogens is 177 g/mol. The summed E-state index contributed by atoms with van der Waals surface area (Å²) in [7, 11) is 0. The molecule has 2 heteroatoms. The van der Waals surface area contributed by atoms with Gasteiger partial charge in [-0.25, -0.2) is 4.39 Å². The Morgan fingerprint density at radius 2 is 2.14 bits per heavy atom. The molecule has 1 spiro atoms. The summed E-state index contributed by atoms with van der Waals surface area (Å²) in [5, 5.41) is 0. The summed E-state index contributed by atoms with van der Waals surface area (Å²) >= 11 is 0. The Morgan fingerprint density at radius 1 is 1.43 bits per heavy atom. The number of piperidine rings is 1. The van der Waals surface area contributed by atoms with E-state index in [1.54, 1.807) is 0 Å². The summed E-state index contributed by atoms with van der Waals surface area (Å²) in [5.41, 5.74) is 0.444. The highest BCUT2D eigenvalue weighted by molar-refractivity contribution is 5.07. The van der Waals surface area contributed by atoms with Crippen molar-refractivity contribution in [2.45, 2.75) is 45.1 Å². The van der Waals surface area contributed by atoms with Crippen molar-refractivity contribution in [1.29, 1.82) is 0 Å². The second kappa shape index (κ2) is 3.80. The maximum atomic E-state index is 12.4. The van der Waals surface area contributed by atoms with Crippen molar-refractivity contribution in [3.05, 3.63) is 0 Å². The molecule has 1 heterocycles. The molecule has 0 N–H and O–H groups in total. The molecule has 0 amide bonds. The smallest absolute Gasteiger partial charge is 0.102 e. The van der Waals surface area contributed by atoms with Crippen LogP contribution in [0.25, 0.3) is 0 Å². The predicted octanol–water partition coefficient (Wildman–Crippen LogP) is 2.86. The van der Waals surface area contributed by atoms with Crippen molar-refractivity contribution in [2.24, 2.45) is 11.8 Å². The lowest BCUT2D eigenvalue weighted by molar-refractivity contribution is 0.0708. The topological polar surface area (TPSA) is 3.24 Å². The van der Waals surface area contributed by atoms with Crippen molar-refractivity contribution in [2.75, 3.05) is 19.8 Å². The average molecular weight is 199 g/mol. The van der Waals surface area contributed by atoms with E-state index in [9.17, 15) is 4.39 Å². The lowest BCUT2D eigenvalue weighted by Crippen LogP contribution is -2.46. The maximum absolute atomic E-state index is 12.4. The summed E-state index contributed by atoms with van der Waals surface area (Å²) in [6, 6.07) is 0. The first-order valence-corrected chi connectivity index (χ1v) is 5.99. The molecule has 0 bridgehead atoms. The third-order valence-electron chi connectivity index (χ3n) is 4.21. The molecule has 1 saturated heterocycles. The molecule has 2 fully saturated rings. The number of likely N-dealkylation sites (tertiary alicyclic amines) is 1. The third-order valence-corrected chi connectivity index (χ3v) is 4.21. The van der Waals surface area contributed by atoms with Crippen LogP contribution in [0.2, 0.25) is 0 Å². The molecule has 1 atom stereocenters. The molecule has 14 heavy (non-hydrogen) atoms. The molecule has 82 valence electrons. The fraction of sp³-hybridized carbons (Fsp3) is 1.00. The zero-order chi connectivity index (χ0) is 10.2. The zero-order valence-electron chi connectivity index (χ0n) is 9.43. The van der Waals surface area contributed by atoms with Gasteiger partial charge in [-0.05, 0) is 44.1 Å². The van der Waals surface area contributed by atoms with Crippen LogP contribution in [-0.2, 0) is 0 Å². The fourth-order valence-electron chi connectivity index (χ4n) is 2.96. The molecule has 0 unspecified atom stereocenters. The number of rotatable bonds is 3. The molecule has 2 rings (SSSR count). The normalized spacial score (nSPS) is 31.3. The first-order chi connectivity index (χ1) is 6.68. The summed E-state index contributed by atoms with van der Waals surface area (Å²) in [6.45, 7) is 6.28. The predicted molar refractivity (Wildman–Crippen MR) is 57.1 cm³/mol. The van der Waals surface area contributed by atoms with E-state index in [1.807, 2.05) is 0 Å². The number of halogens is 1. The Labute approximate surface area is 86.7 Å². The molecule has 0 radical (unpaired) electrons. The largest absolute Gasteiger partial charge is 0.295 e. The van der Waals surface area contributed by atoms with Crippen LogP contribution in [0, 0.1) is 11.8 Å². The van der Waals surface area contributed by atoms with Crippen molar-refractivity contribution >= 4 is 0 Å². The minimum atomic E-state index is -0.173. The Kier molecular flexibility index (Phi) is 2.83. The Bertz CT molecular complexity index is 198. The molecule has 1 aliphatic heterocycles. The van der Waals surface area contributed by atoms with Gasteiger partial charge in [0.25, 0.3) is 0 Å². The Hall–Kier alpha value is -0.110. The molecule has 1 saturated carbocycles. The molecular formula is C12H22FN. The molecule has 2 aliphatic rings. The molecule has 0 aromatic rings. The number of alkyl halides is 1. The molecule has 1 nitrogen and oxygen atoms in total. The van der Waals surface area contributed by atoms with Crippen LogP contribution in [0.4, 0.5) is 4.39 Å². The van der Waals surface area contributed by atoms with E-state index in [-0.39, 0.29) is 6.67 Å². The van der Waals surface area contributed by atoms with Gasteiger partial charge in [0.15, 0.2) is 0 Å². The van der Waals surface area contributed by atoms with Crippen LogP contribution in [0.1, 0.15) is 39.5 Å². The monoisotopic (exact) mass is 199 g/mol. The van der Waals surface area contributed by atoms with Gasteiger partial charge < -0.3 is 0 Å². The van der Waals surface area contributed by atoms with Gasteiger partial charge in [-0.15, -0.1) is 0 Å². The number of hydrogen-bond donors (Lipinski definition) is 0. The van der Waals surface area contributed by atoms with E-state index < -0.39 is 0 Å². The van der Waals surface area contributed by atoms with Gasteiger partial charge in [-0.2, -0.15) is 0 Å². The van der Waals surface area contributed by atoms with Gasteiger partial charge in [0, 0.05) is 12.1 Å². The minimum Gasteiger partial charge on any atom is -0.295 e. The second-order valence-electron chi connectivity index (χ2n) is 5.40. The van der Waals surface area contributed by atoms with Crippen LogP contribution in [0.15, 0.2) is 0 Å². The molecule has 1 aliphatic carbocycles. The van der Waals surface area contributed by atoms with Gasteiger partial charge in [0.2, 0.25) is 0 Å². The third kappa shape index (κ3) is 1.81. The van der Waals surface area contributed by atoms with Crippen LogP contribution < -0.4 is 0 Å². The van der Waals surface area contributed by atoms with Gasteiger partial charge in [0.05, 0.1) is 0 Å². The first-order valence-electron chi connectivity index (χ1n) is 5.99. The second-order valence-corrected chi connectivity index (χ2v) is 5.40. The van der Waals surface area contributed by atoms with E-state index in [2.05, 4.69) is 18.7 Å². The Balaban J connectivity index is 1.95. The SMILES string of the molecule is CC(C)[C@@H]1CCN(CCF)C2(CC2)C1. The van der Waals surface area contributed by atoms with Crippen molar-refractivity contribution in [3.8, 4) is 0 Å². The van der Waals surface area contributed by atoms with Crippen LogP contribution in [0.3, 0.4) is 0 Å². The van der Waals surface area contributed by atoms with E-state index >= 15 is 0 Å². The van der Waals surface area contributed by atoms with Crippen molar-refractivity contribution in [3.63, 3.8) is 0 Å². The van der Waals surface area contributed by atoms with E-state index in [1.165, 1.54) is 25.7 Å². The molecule has 0 aromatic carbocycles. The minimum absolute atomic E-state index is 0.173. The van der Waals surface area contributed by atoms with Gasteiger partial charge in [-0.3, -0.25) is 4.90 Å². The zero-order valence-corrected chi connectivity index (χ0v) is 9.43. The summed E-state index contributed by atoms with van der Waals surface area (Å²) in [6.07, 6.45) is 5.23. The Morgan fingerprint density at radius 3 is 2.64 bits per heavy atom. The lowest BCUT2D eigenvalue weighted by atomic mass is 9.81. The van der Waals surface area contributed by atoms with E-state index in [0.29, 0.717) is 12.1 Å². The summed E-state index contributed by atoms with van der Waals surface area (Å²) < 4.78 is 12.4. The van der Waals surface area contributed by atoms with Crippen LogP contribution >= 0.6 is 0 Å². The highest BCUT2D eigenvalue weighted by atomic mass is 19.1. The van der Waals surface area contributed by atoms with Gasteiger partial charge >= 0.3 is 0 Å². The lowest BCUT2D eigenvalue weighted by Gasteiger charge is -2.41. The van der Waals surface area contributed by atoms with Gasteiger partial charge in [-0.1, -0.05) is 13.8 Å². The van der Waals surface area contributed by atoms with Crippen LogP contribution in [-0.4, -0.2) is 30.2 Å². The fourth-order valence-corrected chi connectivity index (χ4v) is 2.96. The summed E-state index contributed by atoms with van der Waals surface area (Å²) in [4.78, 5) is 2.41. The van der Waals surface area contributed by atoms with Crippen LogP contribution in [0.5, 0.6) is 0 Å². The standard InChI is InChI=1S/C12H22FN/c1-10(2)11-3-7-14(8-6-13)12(9-11)4-5-12/h10-11H,3-9H2,1-2H3/t11-/m1/s1. The highest BCUT2D eigenvalue weighted by Gasteiger charge is 2.51. The maximum Gasteiger partial charge on any atom is 0.102 e. The average Bonchev–Trinajstić information content (AvgIpc) is 2.90. The first kappa shape index (κ1) is 10.4. The van der Waals surface area contributed by atoms with E-state index in [4.69, 9.17) is 0 Å². The van der Waals surface area contributed by atoms with Gasteiger partial charge in [0.1, 0.15) is 6.67 Å². The number of nitrogens with zero attached hydrogens (tertiary/aromatic N) is 1. The molecule has 0 aromatic heterocycles. The van der Waals surface area contributed by atoms with Crippen molar-refractivity contribution in [1.82, 2.24) is 4.90 Å². The quantitative estimate of drug-likeness (QED) is 0.675. The summed E-state index contributed by atoms with van der Waals surface area (Å²) in [5.74, 6) is 1.69. The number of hydrogen-bond acceptors (Lipinski definition) is 1.